The molecule has 5 heteroatoms. The van der Waals surface area contributed by atoms with E-state index < -0.39 is 0 Å². The van der Waals surface area contributed by atoms with Crippen molar-refractivity contribution in [3.63, 3.8) is 0 Å². The Morgan fingerprint density at radius 2 is 2.00 bits per heavy atom. The summed E-state index contributed by atoms with van der Waals surface area (Å²) in [6.45, 7) is 4.63. The fourth-order valence-corrected chi connectivity index (χ4v) is 5.21. The maximum atomic E-state index is 9.56. The van der Waals surface area contributed by atoms with Gasteiger partial charge in [0, 0.05) is 18.0 Å². The summed E-state index contributed by atoms with van der Waals surface area (Å²) in [5.74, 6) is 2.14. The molecule has 0 unspecified atom stereocenters. The number of phenolic OH excluding ortho intramolecular Hbond substituents is 1. The van der Waals surface area contributed by atoms with E-state index in [4.69, 9.17) is 0 Å². The van der Waals surface area contributed by atoms with E-state index in [1.54, 1.807) is 12.1 Å². The van der Waals surface area contributed by atoms with Gasteiger partial charge in [0.2, 0.25) is 0 Å². The third-order valence-electron chi connectivity index (χ3n) is 6.09. The molecule has 1 aliphatic carbocycles. The lowest BCUT2D eigenvalue weighted by Gasteiger charge is -2.42. The third-order valence-corrected chi connectivity index (χ3v) is 7.00. The van der Waals surface area contributed by atoms with Crippen molar-refractivity contribution in [1.82, 2.24) is 9.97 Å². The number of aromatic hydroxyl groups is 1. The van der Waals surface area contributed by atoms with Crippen LogP contribution in [0.15, 0.2) is 46.6 Å². The van der Waals surface area contributed by atoms with Crippen molar-refractivity contribution in [3.8, 4) is 5.75 Å². The largest absolute Gasteiger partial charge is 0.508 e. The van der Waals surface area contributed by atoms with E-state index in [0.29, 0.717) is 5.41 Å². The molecule has 0 radical (unpaired) electrons. The molecule has 0 amide bonds. The number of anilines is 1. The van der Waals surface area contributed by atoms with Gasteiger partial charge in [-0.1, -0.05) is 37.6 Å². The molecule has 1 aromatic carbocycles. The first-order valence-electron chi connectivity index (χ1n) is 9.19. The van der Waals surface area contributed by atoms with Crippen LogP contribution < -0.4 is 4.90 Å². The molecule has 1 aromatic heterocycles. The number of hydrogen-bond acceptors (Lipinski definition) is 5. The maximum Gasteiger partial charge on any atom is 0.147 e. The number of aromatic nitrogens is 2. The second-order valence-corrected chi connectivity index (χ2v) is 8.55. The molecule has 1 atom stereocenters. The standard InChI is InChI=1S/C20H25N3OS/c1-15-4-3-7-20(15)8-10-23(11-9-20)18-13-22-19(14-21-18)25-17-6-2-5-16(24)12-17/h2,5-6,12-15,24H,3-4,7-11H2,1H3/t15-/m1/s1. The van der Waals surface area contributed by atoms with E-state index in [2.05, 4.69) is 21.8 Å². The van der Waals surface area contributed by atoms with Gasteiger partial charge in [-0.05, 0) is 48.8 Å². The van der Waals surface area contributed by atoms with Gasteiger partial charge in [0.05, 0.1) is 12.4 Å². The SMILES string of the molecule is C[C@@H]1CCCC12CCN(c1cnc(Sc3cccc(O)c3)cn1)CC2. The first-order valence-corrected chi connectivity index (χ1v) is 10.0. The lowest BCUT2D eigenvalue weighted by Crippen LogP contribution is -2.41. The average molecular weight is 356 g/mol. The van der Waals surface area contributed by atoms with Crippen LogP contribution in [0.5, 0.6) is 5.75 Å². The average Bonchev–Trinajstić information content (AvgIpc) is 2.97. The Hall–Kier alpha value is -1.75. The summed E-state index contributed by atoms with van der Waals surface area (Å²) in [4.78, 5) is 12.5. The molecule has 1 N–H and O–H groups in total. The van der Waals surface area contributed by atoms with Gasteiger partial charge < -0.3 is 10.0 Å². The van der Waals surface area contributed by atoms with E-state index in [9.17, 15) is 5.11 Å². The maximum absolute atomic E-state index is 9.56. The predicted octanol–water partition coefficient (Wildman–Crippen LogP) is 4.74. The summed E-state index contributed by atoms with van der Waals surface area (Å²) in [6.07, 6.45) is 10.5. The van der Waals surface area contributed by atoms with Crippen molar-refractivity contribution in [2.24, 2.45) is 11.3 Å². The monoisotopic (exact) mass is 355 g/mol. The van der Waals surface area contributed by atoms with Gasteiger partial charge in [0.1, 0.15) is 16.6 Å². The summed E-state index contributed by atoms with van der Waals surface area (Å²) in [5, 5.41) is 10.4. The van der Waals surface area contributed by atoms with Crippen molar-refractivity contribution in [2.75, 3.05) is 18.0 Å². The number of benzene rings is 1. The quantitative estimate of drug-likeness (QED) is 0.862. The summed E-state index contributed by atoms with van der Waals surface area (Å²) in [5.41, 5.74) is 0.592. The Kier molecular flexibility index (Phi) is 4.59. The van der Waals surface area contributed by atoms with Gasteiger partial charge in [-0.3, -0.25) is 0 Å². The van der Waals surface area contributed by atoms with Crippen molar-refractivity contribution < 1.29 is 5.11 Å². The molecule has 1 spiro atoms. The minimum atomic E-state index is 0.276. The molecule has 2 fully saturated rings. The topological polar surface area (TPSA) is 49.2 Å². The lowest BCUT2D eigenvalue weighted by molar-refractivity contribution is 0.161. The normalized spacial score (nSPS) is 22.4. The third kappa shape index (κ3) is 3.47. The molecule has 132 valence electrons. The van der Waals surface area contributed by atoms with Crippen LogP contribution in [0.1, 0.15) is 39.0 Å². The van der Waals surface area contributed by atoms with Crippen molar-refractivity contribution >= 4 is 17.6 Å². The molecule has 1 saturated carbocycles. The van der Waals surface area contributed by atoms with Gasteiger partial charge in [0.15, 0.2) is 0 Å². The van der Waals surface area contributed by atoms with Crippen molar-refractivity contribution in [1.29, 1.82) is 0 Å². The highest BCUT2D eigenvalue weighted by molar-refractivity contribution is 7.99. The minimum absolute atomic E-state index is 0.276. The second-order valence-electron chi connectivity index (χ2n) is 7.45. The van der Waals surface area contributed by atoms with Gasteiger partial charge in [0.25, 0.3) is 0 Å². The molecule has 1 aliphatic heterocycles. The van der Waals surface area contributed by atoms with E-state index in [-0.39, 0.29) is 5.75 Å². The van der Waals surface area contributed by atoms with Crippen LogP contribution in [0, 0.1) is 11.3 Å². The number of piperidine rings is 1. The van der Waals surface area contributed by atoms with Gasteiger partial charge in [-0.25, -0.2) is 9.97 Å². The fourth-order valence-electron chi connectivity index (χ4n) is 4.43. The van der Waals surface area contributed by atoms with Crippen LogP contribution in [0.4, 0.5) is 5.82 Å². The zero-order chi connectivity index (χ0) is 17.3. The van der Waals surface area contributed by atoms with Crippen molar-refractivity contribution in [2.45, 2.75) is 48.9 Å². The van der Waals surface area contributed by atoms with Crippen LogP contribution in [0.2, 0.25) is 0 Å². The van der Waals surface area contributed by atoms with Crippen LogP contribution in [0.25, 0.3) is 0 Å². The Bertz CT molecular complexity index is 726. The highest BCUT2D eigenvalue weighted by Crippen LogP contribution is 2.50. The first-order chi connectivity index (χ1) is 12.1. The molecule has 1 saturated heterocycles. The Balaban J connectivity index is 1.39. The van der Waals surface area contributed by atoms with E-state index in [1.807, 2.05) is 24.5 Å². The summed E-state index contributed by atoms with van der Waals surface area (Å²) in [7, 11) is 0. The van der Waals surface area contributed by atoms with E-state index in [0.717, 1.165) is 34.7 Å². The van der Waals surface area contributed by atoms with Crippen LogP contribution in [-0.4, -0.2) is 28.2 Å². The molecule has 4 nitrogen and oxygen atoms in total. The lowest BCUT2D eigenvalue weighted by atomic mass is 9.71. The summed E-state index contributed by atoms with van der Waals surface area (Å²) in [6, 6.07) is 7.22. The number of phenols is 1. The summed E-state index contributed by atoms with van der Waals surface area (Å²) < 4.78 is 0. The highest BCUT2D eigenvalue weighted by atomic mass is 32.2. The number of hydrogen-bond donors (Lipinski definition) is 1. The Morgan fingerprint density at radius 3 is 2.64 bits per heavy atom. The summed E-state index contributed by atoms with van der Waals surface area (Å²) >= 11 is 1.52. The van der Waals surface area contributed by atoms with Gasteiger partial charge in [-0.15, -0.1) is 0 Å². The highest BCUT2D eigenvalue weighted by Gasteiger charge is 2.42. The van der Waals surface area contributed by atoms with Crippen LogP contribution in [0.3, 0.4) is 0 Å². The smallest absolute Gasteiger partial charge is 0.147 e. The zero-order valence-electron chi connectivity index (χ0n) is 14.7. The second kappa shape index (κ2) is 6.87. The number of rotatable bonds is 3. The van der Waals surface area contributed by atoms with Crippen LogP contribution >= 0.6 is 11.8 Å². The molecular formula is C20H25N3OS. The van der Waals surface area contributed by atoms with E-state index >= 15 is 0 Å². The Morgan fingerprint density at radius 1 is 1.16 bits per heavy atom. The molecule has 2 aliphatic rings. The minimum Gasteiger partial charge on any atom is -0.508 e. The Labute approximate surface area is 153 Å². The predicted molar refractivity (Wildman–Crippen MR) is 101 cm³/mol. The first kappa shape index (κ1) is 16.7. The fraction of sp³-hybridized carbons (Fsp3) is 0.500. The molecule has 2 aromatic rings. The van der Waals surface area contributed by atoms with Gasteiger partial charge >= 0.3 is 0 Å². The van der Waals surface area contributed by atoms with Crippen LogP contribution in [-0.2, 0) is 0 Å². The molecular weight excluding hydrogens is 330 g/mol. The van der Waals surface area contributed by atoms with Crippen molar-refractivity contribution in [3.05, 3.63) is 36.7 Å². The molecule has 2 heterocycles. The molecule has 0 bridgehead atoms. The molecule has 25 heavy (non-hydrogen) atoms. The van der Waals surface area contributed by atoms with Gasteiger partial charge in [-0.2, -0.15) is 0 Å². The zero-order valence-corrected chi connectivity index (χ0v) is 15.5. The van der Waals surface area contributed by atoms with E-state index in [1.165, 1.54) is 43.9 Å². The molecule has 4 rings (SSSR count). The number of nitrogens with zero attached hydrogens (tertiary/aromatic N) is 3.